The zero-order valence-corrected chi connectivity index (χ0v) is 20.5. The summed E-state index contributed by atoms with van der Waals surface area (Å²) in [6.07, 6.45) is -2.13. The van der Waals surface area contributed by atoms with Crippen LogP contribution in [0.5, 0.6) is 0 Å². The van der Waals surface area contributed by atoms with Crippen molar-refractivity contribution in [1.29, 1.82) is 0 Å². The number of fused-ring (bicyclic) bond motifs is 1. The van der Waals surface area contributed by atoms with Crippen molar-refractivity contribution in [3.63, 3.8) is 0 Å². The van der Waals surface area contributed by atoms with E-state index in [4.69, 9.17) is 10.5 Å². The Hall–Kier alpha value is -3.60. The van der Waals surface area contributed by atoms with Crippen LogP contribution >= 0.6 is 0 Å². The number of nitrogens with one attached hydrogen (secondary N) is 1. The van der Waals surface area contributed by atoms with E-state index in [9.17, 15) is 18.0 Å². The molecule has 3 N–H and O–H groups in total. The van der Waals surface area contributed by atoms with E-state index < -0.39 is 17.8 Å². The summed E-state index contributed by atoms with van der Waals surface area (Å²) in [5.41, 5.74) is 7.75. The van der Waals surface area contributed by atoms with Gasteiger partial charge in [0.1, 0.15) is 0 Å². The molecule has 196 valence electrons. The molecule has 2 aromatic carbocycles. The zero-order chi connectivity index (χ0) is 26.2. The van der Waals surface area contributed by atoms with E-state index in [-0.39, 0.29) is 17.5 Å². The SMILES string of the molecule is C[C@@H](Nc1cnnc2ccc(N3CCN(C(=O)C4CCOC4)CC3)cc12)c1cc(N)cc(C(F)(F)F)c1. The van der Waals surface area contributed by atoms with Crippen molar-refractivity contribution in [2.45, 2.75) is 25.6 Å². The van der Waals surface area contributed by atoms with Crippen LogP contribution in [0.1, 0.15) is 30.5 Å². The third kappa shape index (κ3) is 5.41. The third-order valence-corrected chi connectivity index (χ3v) is 7.04. The highest BCUT2D eigenvalue weighted by molar-refractivity contribution is 5.93. The number of carbonyl (C=O) groups excluding carboxylic acids is 1. The van der Waals surface area contributed by atoms with E-state index in [0.717, 1.165) is 29.6 Å². The molecule has 2 aliphatic rings. The number of benzene rings is 2. The summed E-state index contributed by atoms with van der Waals surface area (Å²) in [5, 5.41) is 12.4. The van der Waals surface area contributed by atoms with E-state index in [1.807, 2.05) is 23.1 Å². The Balaban J connectivity index is 1.33. The Labute approximate surface area is 212 Å². The number of carbonyl (C=O) groups is 1. The van der Waals surface area contributed by atoms with Crippen LogP contribution in [0.25, 0.3) is 10.9 Å². The molecule has 0 saturated carbocycles. The standard InChI is InChI=1S/C26H29F3N6O2/c1-16(18-10-19(26(27,28)29)12-20(30)11-18)32-24-14-31-33-23-3-2-21(13-22(23)24)34-5-7-35(8-6-34)25(36)17-4-9-37-15-17/h2-3,10-14,16-17H,4-9,15,30H2,1H3,(H,32,33)/t16-,17?/m1/s1. The van der Waals surface area contributed by atoms with E-state index in [0.29, 0.717) is 56.2 Å². The molecule has 0 spiro atoms. The van der Waals surface area contributed by atoms with Gasteiger partial charge in [0.2, 0.25) is 5.91 Å². The van der Waals surface area contributed by atoms with Crippen molar-refractivity contribution in [1.82, 2.24) is 15.1 Å². The first-order valence-electron chi connectivity index (χ1n) is 12.3. The van der Waals surface area contributed by atoms with Crippen molar-refractivity contribution >= 4 is 33.9 Å². The smallest absolute Gasteiger partial charge is 0.399 e. The molecule has 2 atom stereocenters. The zero-order valence-electron chi connectivity index (χ0n) is 20.5. The number of nitrogens with two attached hydrogens (primary N) is 1. The molecule has 1 amide bonds. The number of rotatable bonds is 5. The number of aromatic nitrogens is 2. The highest BCUT2D eigenvalue weighted by atomic mass is 19.4. The first kappa shape index (κ1) is 25.1. The van der Waals surface area contributed by atoms with Crippen LogP contribution in [0.4, 0.5) is 30.2 Å². The number of nitrogen functional groups attached to an aromatic ring is 1. The molecule has 2 saturated heterocycles. The Morgan fingerprint density at radius 2 is 1.95 bits per heavy atom. The molecule has 0 aliphatic carbocycles. The van der Waals surface area contributed by atoms with Crippen LogP contribution in [0.15, 0.2) is 42.6 Å². The maximum Gasteiger partial charge on any atom is 0.416 e. The lowest BCUT2D eigenvalue weighted by atomic mass is 10.0. The summed E-state index contributed by atoms with van der Waals surface area (Å²) in [5.74, 6) is 0.134. The van der Waals surface area contributed by atoms with Crippen molar-refractivity contribution in [3.8, 4) is 0 Å². The number of piperazine rings is 1. The Morgan fingerprint density at radius 1 is 1.16 bits per heavy atom. The van der Waals surface area contributed by atoms with Gasteiger partial charge in [-0.1, -0.05) is 0 Å². The highest BCUT2D eigenvalue weighted by Crippen LogP contribution is 2.34. The lowest BCUT2D eigenvalue weighted by Gasteiger charge is -2.37. The molecule has 2 fully saturated rings. The van der Waals surface area contributed by atoms with Gasteiger partial charge in [-0.05, 0) is 55.3 Å². The number of hydrogen-bond acceptors (Lipinski definition) is 7. The number of ether oxygens (including phenoxy) is 1. The molecule has 1 aromatic heterocycles. The van der Waals surface area contributed by atoms with Gasteiger partial charge in [-0.2, -0.15) is 23.4 Å². The van der Waals surface area contributed by atoms with Crippen LogP contribution in [-0.2, 0) is 15.7 Å². The van der Waals surface area contributed by atoms with Gasteiger partial charge in [-0.3, -0.25) is 4.79 Å². The summed E-state index contributed by atoms with van der Waals surface area (Å²) in [4.78, 5) is 16.8. The second-order valence-electron chi connectivity index (χ2n) is 9.58. The number of nitrogens with zero attached hydrogens (tertiary/aromatic N) is 4. The average molecular weight is 515 g/mol. The lowest BCUT2D eigenvalue weighted by molar-refractivity contribution is -0.137. The normalized spacial score (nSPS) is 19.3. The number of anilines is 3. The monoisotopic (exact) mass is 514 g/mol. The molecule has 3 heterocycles. The molecule has 2 aliphatic heterocycles. The quantitative estimate of drug-likeness (QED) is 0.495. The van der Waals surface area contributed by atoms with Crippen molar-refractivity contribution in [2.75, 3.05) is 55.3 Å². The minimum atomic E-state index is -4.48. The fourth-order valence-electron chi connectivity index (χ4n) is 4.94. The van der Waals surface area contributed by atoms with Crippen LogP contribution in [0.3, 0.4) is 0 Å². The van der Waals surface area contributed by atoms with Crippen LogP contribution in [0, 0.1) is 5.92 Å². The molecule has 1 unspecified atom stereocenters. The van der Waals surface area contributed by atoms with Gasteiger partial charge in [-0.25, -0.2) is 0 Å². The molecule has 37 heavy (non-hydrogen) atoms. The summed E-state index contributed by atoms with van der Waals surface area (Å²) < 4.78 is 45.2. The number of hydrogen-bond donors (Lipinski definition) is 2. The number of halogens is 3. The summed E-state index contributed by atoms with van der Waals surface area (Å²) in [6.45, 7) is 5.61. The van der Waals surface area contributed by atoms with Gasteiger partial charge >= 0.3 is 6.18 Å². The summed E-state index contributed by atoms with van der Waals surface area (Å²) in [7, 11) is 0. The molecule has 3 aromatic rings. The minimum Gasteiger partial charge on any atom is -0.399 e. The fourth-order valence-corrected chi connectivity index (χ4v) is 4.94. The second-order valence-corrected chi connectivity index (χ2v) is 9.58. The molecule has 11 heteroatoms. The van der Waals surface area contributed by atoms with Crippen molar-refractivity contribution < 1.29 is 22.7 Å². The van der Waals surface area contributed by atoms with Gasteiger partial charge in [-0.15, -0.1) is 0 Å². The molecule has 8 nitrogen and oxygen atoms in total. The molecular formula is C26H29F3N6O2. The maximum absolute atomic E-state index is 13.3. The van der Waals surface area contributed by atoms with Crippen LogP contribution in [0.2, 0.25) is 0 Å². The predicted octanol–water partition coefficient (Wildman–Crippen LogP) is 4.09. The second kappa shape index (κ2) is 10.0. The van der Waals surface area contributed by atoms with Gasteiger partial charge in [0.15, 0.2) is 0 Å². The number of amides is 1. The molecule has 0 bridgehead atoms. The van der Waals surface area contributed by atoms with E-state index in [1.54, 1.807) is 13.1 Å². The highest BCUT2D eigenvalue weighted by Gasteiger charge is 2.32. The first-order valence-corrected chi connectivity index (χ1v) is 12.3. The van der Waals surface area contributed by atoms with Crippen molar-refractivity contribution in [2.24, 2.45) is 5.92 Å². The largest absolute Gasteiger partial charge is 0.416 e. The van der Waals surface area contributed by atoms with Gasteiger partial charge < -0.3 is 25.6 Å². The third-order valence-electron chi connectivity index (χ3n) is 7.04. The summed E-state index contributed by atoms with van der Waals surface area (Å²) >= 11 is 0. The van der Waals surface area contributed by atoms with Crippen LogP contribution in [-0.4, -0.2) is 60.4 Å². The van der Waals surface area contributed by atoms with Gasteiger partial charge in [0.05, 0.1) is 35.5 Å². The Kier molecular flexibility index (Phi) is 6.80. The molecule has 0 radical (unpaired) electrons. The van der Waals surface area contributed by atoms with Crippen LogP contribution < -0.4 is 16.0 Å². The first-order chi connectivity index (χ1) is 17.7. The lowest BCUT2D eigenvalue weighted by Crippen LogP contribution is -2.50. The van der Waals surface area contributed by atoms with Gasteiger partial charge in [0, 0.05) is 55.6 Å². The fraction of sp³-hybridized carbons (Fsp3) is 0.423. The van der Waals surface area contributed by atoms with E-state index in [2.05, 4.69) is 20.4 Å². The minimum absolute atomic E-state index is 0.0337. The summed E-state index contributed by atoms with van der Waals surface area (Å²) in [6, 6.07) is 8.96. The average Bonchev–Trinajstić information content (AvgIpc) is 3.42. The molecular weight excluding hydrogens is 485 g/mol. The Morgan fingerprint density at radius 3 is 2.65 bits per heavy atom. The van der Waals surface area contributed by atoms with E-state index >= 15 is 0 Å². The topological polar surface area (TPSA) is 96.6 Å². The van der Waals surface area contributed by atoms with Gasteiger partial charge in [0.25, 0.3) is 0 Å². The van der Waals surface area contributed by atoms with E-state index in [1.165, 1.54) is 6.07 Å². The Bertz CT molecular complexity index is 1290. The maximum atomic E-state index is 13.3. The van der Waals surface area contributed by atoms with Crippen molar-refractivity contribution in [3.05, 3.63) is 53.7 Å². The number of alkyl halides is 3. The predicted molar refractivity (Wildman–Crippen MR) is 135 cm³/mol. The molecule has 5 rings (SSSR count).